The van der Waals surface area contributed by atoms with E-state index in [9.17, 15) is 4.79 Å². The predicted molar refractivity (Wildman–Crippen MR) is 72.4 cm³/mol. The number of benzene rings is 1. The largest absolute Gasteiger partial charge is 0.490 e. The second kappa shape index (κ2) is 6.89. The quantitative estimate of drug-likeness (QED) is 0.845. The lowest BCUT2D eigenvalue weighted by Crippen LogP contribution is -2.10. The fourth-order valence-corrected chi connectivity index (χ4v) is 1.66. The van der Waals surface area contributed by atoms with Gasteiger partial charge in [-0.3, -0.25) is 4.79 Å². The first-order chi connectivity index (χ1) is 8.62. The molecule has 0 radical (unpaired) electrons. The number of aryl methyl sites for hydroxylation is 1. The minimum atomic E-state index is -0.0130. The zero-order chi connectivity index (χ0) is 13.5. The summed E-state index contributed by atoms with van der Waals surface area (Å²) in [7, 11) is 0. The van der Waals surface area contributed by atoms with Gasteiger partial charge in [-0.1, -0.05) is 6.92 Å². The number of carbonyl (C=O) groups excluding carboxylic acids is 1. The van der Waals surface area contributed by atoms with Crippen LogP contribution >= 0.6 is 0 Å². The lowest BCUT2D eigenvalue weighted by Gasteiger charge is -2.15. The van der Waals surface area contributed by atoms with E-state index in [-0.39, 0.29) is 5.91 Å². The highest BCUT2D eigenvalue weighted by Crippen LogP contribution is 2.34. The molecule has 1 aromatic rings. The molecule has 0 atom stereocenters. The van der Waals surface area contributed by atoms with E-state index in [0.29, 0.717) is 25.4 Å². The standard InChI is InChI=1S/C14H21NO3/c1-5-13(16)15-11-8-10(4)14(18-7-3)12(9-11)17-6-2/h8-9H,5-7H2,1-4H3,(H,15,16). The van der Waals surface area contributed by atoms with Crippen molar-refractivity contribution in [3.05, 3.63) is 17.7 Å². The van der Waals surface area contributed by atoms with Crippen molar-refractivity contribution in [1.82, 2.24) is 0 Å². The van der Waals surface area contributed by atoms with Crippen LogP contribution < -0.4 is 14.8 Å². The van der Waals surface area contributed by atoms with Gasteiger partial charge in [-0.05, 0) is 32.4 Å². The molecule has 0 aliphatic heterocycles. The van der Waals surface area contributed by atoms with Gasteiger partial charge in [0.15, 0.2) is 11.5 Å². The van der Waals surface area contributed by atoms with Crippen molar-refractivity contribution >= 4 is 11.6 Å². The van der Waals surface area contributed by atoms with E-state index in [0.717, 1.165) is 17.0 Å². The zero-order valence-corrected chi connectivity index (χ0v) is 11.5. The number of amides is 1. The topological polar surface area (TPSA) is 47.6 Å². The van der Waals surface area contributed by atoms with Crippen LogP contribution in [0.1, 0.15) is 32.8 Å². The second-order valence-corrected chi connectivity index (χ2v) is 3.89. The number of carbonyl (C=O) groups is 1. The monoisotopic (exact) mass is 251 g/mol. The Labute approximate surface area is 108 Å². The van der Waals surface area contributed by atoms with E-state index in [2.05, 4.69) is 5.32 Å². The molecule has 1 rings (SSSR count). The first kappa shape index (κ1) is 14.4. The molecule has 0 aromatic heterocycles. The maximum atomic E-state index is 11.4. The van der Waals surface area contributed by atoms with Crippen LogP contribution in [-0.4, -0.2) is 19.1 Å². The van der Waals surface area contributed by atoms with Gasteiger partial charge in [0.25, 0.3) is 0 Å². The molecule has 0 heterocycles. The van der Waals surface area contributed by atoms with Crippen molar-refractivity contribution in [1.29, 1.82) is 0 Å². The third kappa shape index (κ3) is 3.65. The molecule has 0 aliphatic carbocycles. The number of ether oxygens (including phenoxy) is 2. The summed E-state index contributed by atoms with van der Waals surface area (Å²) in [6.07, 6.45) is 0.455. The van der Waals surface area contributed by atoms with E-state index < -0.39 is 0 Å². The van der Waals surface area contributed by atoms with Gasteiger partial charge in [-0.2, -0.15) is 0 Å². The fraction of sp³-hybridized carbons (Fsp3) is 0.500. The Balaban J connectivity index is 3.05. The lowest BCUT2D eigenvalue weighted by molar-refractivity contribution is -0.115. The Morgan fingerprint density at radius 2 is 1.83 bits per heavy atom. The van der Waals surface area contributed by atoms with Crippen LogP contribution in [0.2, 0.25) is 0 Å². The Morgan fingerprint density at radius 3 is 2.39 bits per heavy atom. The van der Waals surface area contributed by atoms with Gasteiger partial charge in [0.05, 0.1) is 13.2 Å². The molecule has 18 heavy (non-hydrogen) atoms. The molecule has 0 saturated heterocycles. The van der Waals surface area contributed by atoms with Crippen molar-refractivity contribution < 1.29 is 14.3 Å². The van der Waals surface area contributed by atoms with Crippen molar-refractivity contribution in [3.63, 3.8) is 0 Å². The summed E-state index contributed by atoms with van der Waals surface area (Å²) < 4.78 is 11.1. The number of anilines is 1. The van der Waals surface area contributed by atoms with Gasteiger partial charge >= 0.3 is 0 Å². The Hall–Kier alpha value is -1.71. The summed E-state index contributed by atoms with van der Waals surface area (Å²) in [6.45, 7) is 8.76. The zero-order valence-electron chi connectivity index (χ0n) is 11.5. The SMILES string of the molecule is CCOc1cc(NC(=O)CC)cc(C)c1OCC. The summed E-state index contributed by atoms with van der Waals surface area (Å²) in [5, 5.41) is 2.83. The highest BCUT2D eigenvalue weighted by atomic mass is 16.5. The predicted octanol–water partition coefficient (Wildman–Crippen LogP) is 3.14. The molecule has 4 nitrogen and oxygen atoms in total. The Bertz CT molecular complexity index is 416. The molecule has 0 bridgehead atoms. The van der Waals surface area contributed by atoms with Gasteiger partial charge in [0.2, 0.25) is 5.91 Å². The molecule has 0 spiro atoms. The first-order valence-electron chi connectivity index (χ1n) is 6.32. The van der Waals surface area contributed by atoms with E-state index in [1.165, 1.54) is 0 Å². The molecular formula is C14H21NO3. The van der Waals surface area contributed by atoms with E-state index in [1.807, 2.05) is 33.8 Å². The summed E-state index contributed by atoms with van der Waals surface area (Å²) in [5.41, 5.74) is 1.69. The molecular weight excluding hydrogens is 230 g/mol. The highest BCUT2D eigenvalue weighted by molar-refractivity contribution is 5.91. The molecule has 4 heteroatoms. The summed E-state index contributed by atoms with van der Waals surface area (Å²) in [4.78, 5) is 11.4. The maximum absolute atomic E-state index is 11.4. The molecule has 0 fully saturated rings. The Morgan fingerprint density at radius 1 is 1.17 bits per heavy atom. The van der Waals surface area contributed by atoms with Crippen molar-refractivity contribution in [3.8, 4) is 11.5 Å². The average Bonchev–Trinajstić information content (AvgIpc) is 2.34. The van der Waals surface area contributed by atoms with E-state index >= 15 is 0 Å². The van der Waals surface area contributed by atoms with Gasteiger partial charge in [0.1, 0.15) is 0 Å². The Kier molecular flexibility index (Phi) is 5.49. The second-order valence-electron chi connectivity index (χ2n) is 3.89. The third-order valence-electron chi connectivity index (χ3n) is 2.43. The van der Waals surface area contributed by atoms with Gasteiger partial charge < -0.3 is 14.8 Å². The first-order valence-corrected chi connectivity index (χ1v) is 6.32. The minimum absolute atomic E-state index is 0.0130. The van der Waals surface area contributed by atoms with Crippen LogP contribution in [0.4, 0.5) is 5.69 Å². The minimum Gasteiger partial charge on any atom is -0.490 e. The van der Waals surface area contributed by atoms with E-state index in [1.54, 1.807) is 6.07 Å². The van der Waals surface area contributed by atoms with Gasteiger partial charge in [0, 0.05) is 18.2 Å². The maximum Gasteiger partial charge on any atom is 0.224 e. The van der Waals surface area contributed by atoms with E-state index in [4.69, 9.17) is 9.47 Å². The number of hydrogen-bond donors (Lipinski definition) is 1. The van der Waals surface area contributed by atoms with Crippen LogP contribution in [0.3, 0.4) is 0 Å². The smallest absolute Gasteiger partial charge is 0.224 e. The molecule has 1 amide bonds. The summed E-state index contributed by atoms with van der Waals surface area (Å²) in [6, 6.07) is 3.69. The van der Waals surface area contributed by atoms with Crippen molar-refractivity contribution in [2.24, 2.45) is 0 Å². The average molecular weight is 251 g/mol. The summed E-state index contributed by atoms with van der Waals surface area (Å²) in [5.74, 6) is 1.40. The van der Waals surface area contributed by atoms with Crippen LogP contribution in [-0.2, 0) is 4.79 Å². The van der Waals surface area contributed by atoms with Crippen molar-refractivity contribution in [2.75, 3.05) is 18.5 Å². The number of hydrogen-bond acceptors (Lipinski definition) is 3. The fourth-order valence-electron chi connectivity index (χ4n) is 1.66. The summed E-state index contributed by atoms with van der Waals surface area (Å²) >= 11 is 0. The lowest BCUT2D eigenvalue weighted by atomic mass is 10.1. The van der Waals surface area contributed by atoms with Crippen LogP contribution in [0.25, 0.3) is 0 Å². The molecule has 1 N–H and O–H groups in total. The normalized spacial score (nSPS) is 10.0. The van der Waals surface area contributed by atoms with Crippen LogP contribution in [0.15, 0.2) is 12.1 Å². The molecule has 1 aromatic carbocycles. The third-order valence-corrected chi connectivity index (χ3v) is 2.43. The van der Waals surface area contributed by atoms with Crippen LogP contribution in [0, 0.1) is 6.92 Å². The number of nitrogens with one attached hydrogen (secondary N) is 1. The molecule has 0 saturated carbocycles. The molecule has 0 aliphatic rings. The number of rotatable bonds is 6. The van der Waals surface area contributed by atoms with Crippen molar-refractivity contribution in [2.45, 2.75) is 34.1 Å². The van der Waals surface area contributed by atoms with Gasteiger partial charge in [-0.15, -0.1) is 0 Å². The molecule has 0 unspecified atom stereocenters. The van der Waals surface area contributed by atoms with Gasteiger partial charge in [-0.25, -0.2) is 0 Å². The van der Waals surface area contributed by atoms with Crippen LogP contribution in [0.5, 0.6) is 11.5 Å². The highest BCUT2D eigenvalue weighted by Gasteiger charge is 2.11. The molecule has 100 valence electrons.